The molecule has 1 amide bonds. The van der Waals surface area contributed by atoms with E-state index in [2.05, 4.69) is 46.3 Å². The van der Waals surface area contributed by atoms with Crippen molar-refractivity contribution in [3.63, 3.8) is 0 Å². The number of aryl methyl sites for hydroxylation is 1. The van der Waals surface area contributed by atoms with E-state index in [0.29, 0.717) is 18.0 Å². The number of benzene rings is 2. The number of carbonyl (C=O) groups is 1. The molecular weight excluding hydrogens is 354 g/mol. The molecule has 0 unspecified atom stereocenters. The van der Waals surface area contributed by atoms with Crippen molar-refractivity contribution in [2.75, 3.05) is 56.7 Å². The van der Waals surface area contributed by atoms with Gasteiger partial charge in [0, 0.05) is 38.4 Å². The summed E-state index contributed by atoms with van der Waals surface area (Å²) in [6.07, 6.45) is 0.373. The highest BCUT2D eigenvalue weighted by atomic mass is 16.5. The van der Waals surface area contributed by atoms with Crippen molar-refractivity contribution in [2.24, 2.45) is 0 Å². The normalized spacial score (nSPS) is 14.6. The van der Waals surface area contributed by atoms with Crippen LogP contribution in [0, 0.1) is 6.92 Å². The molecule has 0 saturated carbocycles. The van der Waals surface area contributed by atoms with Crippen LogP contribution >= 0.6 is 0 Å². The maximum atomic E-state index is 11.9. The lowest BCUT2D eigenvalue weighted by Gasteiger charge is -2.36. The Morgan fingerprint density at radius 1 is 1.04 bits per heavy atom. The number of rotatable bonds is 7. The Labute approximate surface area is 167 Å². The van der Waals surface area contributed by atoms with Gasteiger partial charge in [0.2, 0.25) is 0 Å². The van der Waals surface area contributed by atoms with Crippen LogP contribution in [0.2, 0.25) is 0 Å². The summed E-state index contributed by atoms with van der Waals surface area (Å²) in [5.74, 6) is 0.617. The number of carbonyl (C=O) groups excluding carboxylic acids is 1. The Morgan fingerprint density at radius 3 is 2.46 bits per heavy atom. The Hall–Kier alpha value is -2.73. The summed E-state index contributed by atoms with van der Waals surface area (Å²) in [5, 5.41) is 2.72. The predicted octanol–water partition coefficient (Wildman–Crippen LogP) is 3.76. The van der Waals surface area contributed by atoms with E-state index >= 15 is 0 Å². The quantitative estimate of drug-likeness (QED) is 0.738. The molecule has 0 aromatic heterocycles. The van der Waals surface area contributed by atoms with Gasteiger partial charge in [0.25, 0.3) is 0 Å². The smallest absolute Gasteiger partial charge is 0.411 e. The maximum absolute atomic E-state index is 11.9. The fourth-order valence-corrected chi connectivity index (χ4v) is 3.33. The lowest BCUT2D eigenvalue weighted by Crippen LogP contribution is -2.46. The molecule has 150 valence electrons. The van der Waals surface area contributed by atoms with E-state index in [1.165, 1.54) is 11.3 Å². The van der Waals surface area contributed by atoms with E-state index in [1.807, 2.05) is 12.1 Å². The maximum Gasteiger partial charge on any atom is 0.411 e. The zero-order chi connectivity index (χ0) is 19.8. The molecule has 1 fully saturated rings. The molecule has 0 spiro atoms. The highest BCUT2D eigenvalue weighted by Crippen LogP contribution is 2.23. The molecule has 6 heteroatoms. The van der Waals surface area contributed by atoms with Crippen molar-refractivity contribution in [1.82, 2.24) is 4.90 Å². The summed E-state index contributed by atoms with van der Waals surface area (Å²) >= 11 is 0. The summed E-state index contributed by atoms with van der Waals surface area (Å²) in [7, 11) is 1.57. The van der Waals surface area contributed by atoms with Crippen molar-refractivity contribution in [3.8, 4) is 5.75 Å². The van der Waals surface area contributed by atoms with Crippen LogP contribution in [0.25, 0.3) is 0 Å². The monoisotopic (exact) mass is 383 g/mol. The molecule has 0 aliphatic carbocycles. The molecule has 28 heavy (non-hydrogen) atoms. The first-order valence-electron chi connectivity index (χ1n) is 9.76. The van der Waals surface area contributed by atoms with Crippen molar-refractivity contribution >= 4 is 17.5 Å². The Morgan fingerprint density at radius 2 is 1.75 bits per heavy atom. The van der Waals surface area contributed by atoms with Gasteiger partial charge in [-0.15, -0.1) is 0 Å². The highest BCUT2D eigenvalue weighted by molar-refractivity contribution is 5.86. The largest absolute Gasteiger partial charge is 0.495 e. The van der Waals surface area contributed by atoms with Crippen LogP contribution in [0.1, 0.15) is 12.0 Å². The Balaban J connectivity index is 1.33. The molecule has 2 aromatic carbocycles. The zero-order valence-corrected chi connectivity index (χ0v) is 16.7. The molecule has 1 aliphatic rings. The second-order valence-electron chi connectivity index (χ2n) is 6.98. The van der Waals surface area contributed by atoms with Crippen LogP contribution in [-0.4, -0.2) is 57.4 Å². The van der Waals surface area contributed by atoms with E-state index in [4.69, 9.17) is 9.47 Å². The number of nitrogens with zero attached hydrogens (tertiary/aromatic N) is 2. The SMILES string of the molecule is COc1ccccc1NC(=O)OCCCN1CCN(c2ccc(C)cc2)CC1. The third kappa shape index (κ3) is 5.63. The summed E-state index contributed by atoms with van der Waals surface area (Å²) < 4.78 is 10.5. The molecule has 6 nitrogen and oxygen atoms in total. The molecule has 1 saturated heterocycles. The van der Waals surface area contributed by atoms with E-state index in [1.54, 1.807) is 19.2 Å². The molecule has 0 bridgehead atoms. The zero-order valence-electron chi connectivity index (χ0n) is 16.7. The number of nitrogens with one attached hydrogen (secondary N) is 1. The van der Waals surface area contributed by atoms with Gasteiger partial charge >= 0.3 is 6.09 Å². The van der Waals surface area contributed by atoms with Gasteiger partial charge in [-0.2, -0.15) is 0 Å². The van der Waals surface area contributed by atoms with E-state index in [0.717, 1.165) is 39.1 Å². The van der Waals surface area contributed by atoms with Crippen LogP contribution in [0.3, 0.4) is 0 Å². The first kappa shape index (κ1) is 20.0. The first-order valence-corrected chi connectivity index (χ1v) is 9.76. The lowest BCUT2D eigenvalue weighted by atomic mass is 10.2. The second-order valence-corrected chi connectivity index (χ2v) is 6.98. The van der Waals surface area contributed by atoms with Gasteiger partial charge in [-0.25, -0.2) is 4.79 Å². The topological polar surface area (TPSA) is 54.0 Å². The van der Waals surface area contributed by atoms with Crippen LogP contribution in [0.4, 0.5) is 16.2 Å². The molecule has 3 rings (SSSR count). The molecule has 1 aliphatic heterocycles. The second kappa shape index (κ2) is 9.99. The van der Waals surface area contributed by atoms with Crippen molar-refractivity contribution in [2.45, 2.75) is 13.3 Å². The van der Waals surface area contributed by atoms with Crippen LogP contribution in [-0.2, 0) is 4.74 Å². The number of methoxy groups -OCH3 is 1. The van der Waals surface area contributed by atoms with Gasteiger partial charge in [0.15, 0.2) is 0 Å². The Bertz CT molecular complexity index is 756. The van der Waals surface area contributed by atoms with Gasteiger partial charge in [-0.3, -0.25) is 10.2 Å². The van der Waals surface area contributed by atoms with Gasteiger partial charge in [-0.05, 0) is 37.6 Å². The third-order valence-electron chi connectivity index (χ3n) is 4.97. The van der Waals surface area contributed by atoms with Crippen molar-refractivity contribution in [3.05, 3.63) is 54.1 Å². The minimum Gasteiger partial charge on any atom is -0.495 e. The molecule has 0 radical (unpaired) electrons. The predicted molar refractivity (Wildman–Crippen MR) is 112 cm³/mol. The van der Waals surface area contributed by atoms with Gasteiger partial charge in [-0.1, -0.05) is 29.8 Å². The minimum atomic E-state index is -0.450. The van der Waals surface area contributed by atoms with Crippen molar-refractivity contribution < 1.29 is 14.3 Å². The standard InChI is InChI=1S/C22H29N3O3/c1-18-8-10-19(11-9-18)25-15-13-24(14-16-25)12-5-17-28-22(26)23-20-6-3-4-7-21(20)27-2/h3-4,6-11H,5,12-17H2,1-2H3,(H,23,26). The van der Waals surface area contributed by atoms with Gasteiger partial charge in [0.1, 0.15) is 5.75 Å². The summed E-state index contributed by atoms with van der Waals surface area (Å²) in [6, 6.07) is 16.0. The average molecular weight is 383 g/mol. The number of para-hydroxylation sites is 2. The van der Waals surface area contributed by atoms with E-state index < -0.39 is 6.09 Å². The molecule has 1 heterocycles. The van der Waals surface area contributed by atoms with E-state index in [9.17, 15) is 4.79 Å². The number of piperazine rings is 1. The van der Waals surface area contributed by atoms with Crippen molar-refractivity contribution in [1.29, 1.82) is 0 Å². The van der Waals surface area contributed by atoms with E-state index in [-0.39, 0.29) is 0 Å². The highest BCUT2D eigenvalue weighted by Gasteiger charge is 2.17. The number of hydrogen-bond acceptors (Lipinski definition) is 5. The number of hydrogen-bond donors (Lipinski definition) is 1. The molecule has 0 atom stereocenters. The number of anilines is 2. The third-order valence-corrected chi connectivity index (χ3v) is 4.97. The van der Waals surface area contributed by atoms with Crippen LogP contribution in [0.15, 0.2) is 48.5 Å². The molecule has 2 aromatic rings. The lowest BCUT2D eigenvalue weighted by molar-refractivity contribution is 0.151. The van der Waals surface area contributed by atoms with Crippen LogP contribution < -0.4 is 15.0 Å². The average Bonchev–Trinajstić information content (AvgIpc) is 2.73. The number of amides is 1. The summed E-state index contributed by atoms with van der Waals surface area (Å²) in [5.41, 5.74) is 3.20. The van der Waals surface area contributed by atoms with Gasteiger partial charge < -0.3 is 14.4 Å². The number of ether oxygens (including phenoxy) is 2. The fraction of sp³-hybridized carbons (Fsp3) is 0.409. The Kier molecular flexibility index (Phi) is 7.14. The summed E-state index contributed by atoms with van der Waals surface area (Å²) in [6.45, 7) is 7.56. The van der Waals surface area contributed by atoms with Gasteiger partial charge in [0.05, 0.1) is 19.4 Å². The fourth-order valence-electron chi connectivity index (χ4n) is 3.33. The first-order chi connectivity index (χ1) is 13.7. The molecular formula is C22H29N3O3. The minimum absolute atomic E-state index is 0.402. The summed E-state index contributed by atoms with van der Waals surface area (Å²) in [4.78, 5) is 16.8. The van der Waals surface area contributed by atoms with Crippen LogP contribution in [0.5, 0.6) is 5.75 Å². The molecule has 1 N–H and O–H groups in total.